The van der Waals surface area contributed by atoms with Gasteiger partial charge in [0.25, 0.3) is 0 Å². The largest absolute Gasteiger partial charge is 0.338 e. The van der Waals surface area contributed by atoms with Crippen molar-refractivity contribution < 1.29 is 4.79 Å². The Bertz CT molecular complexity index is 770. The summed E-state index contributed by atoms with van der Waals surface area (Å²) in [7, 11) is 0. The van der Waals surface area contributed by atoms with Crippen molar-refractivity contribution in [2.24, 2.45) is 5.41 Å². The van der Waals surface area contributed by atoms with Gasteiger partial charge in [-0.25, -0.2) is 0 Å². The summed E-state index contributed by atoms with van der Waals surface area (Å²) in [6.07, 6.45) is 5.78. The van der Waals surface area contributed by atoms with E-state index in [0.29, 0.717) is 18.9 Å². The lowest BCUT2D eigenvalue weighted by atomic mass is 9.77. The standard InChI is InChI=1S/C22H26ClN3O/c23-19-6-4-18(5-7-19)16-26-17-22(15-21(26)27)9-13-25(14-10-22)12-8-20-3-1-2-11-24-20/h1-7,11H,8-10,12-17H2. The van der Waals surface area contributed by atoms with Gasteiger partial charge in [-0.1, -0.05) is 29.8 Å². The quantitative estimate of drug-likeness (QED) is 0.788. The van der Waals surface area contributed by atoms with Gasteiger partial charge in [-0.3, -0.25) is 9.78 Å². The van der Waals surface area contributed by atoms with Gasteiger partial charge in [0, 0.05) is 49.4 Å². The van der Waals surface area contributed by atoms with Crippen molar-refractivity contribution in [3.8, 4) is 0 Å². The third-order valence-corrected chi connectivity index (χ3v) is 6.27. The van der Waals surface area contributed by atoms with Crippen LogP contribution >= 0.6 is 11.6 Å². The molecule has 1 aromatic carbocycles. The molecule has 142 valence electrons. The van der Waals surface area contributed by atoms with Crippen molar-refractivity contribution in [2.45, 2.75) is 32.2 Å². The van der Waals surface area contributed by atoms with E-state index in [9.17, 15) is 4.79 Å². The Kier molecular flexibility index (Phi) is 5.46. The average molecular weight is 384 g/mol. The Morgan fingerprint density at radius 3 is 2.56 bits per heavy atom. The van der Waals surface area contributed by atoms with Crippen LogP contribution in [0.15, 0.2) is 48.7 Å². The Morgan fingerprint density at radius 1 is 1.07 bits per heavy atom. The van der Waals surface area contributed by atoms with E-state index in [1.165, 1.54) is 0 Å². The van der Waals surface area contributed by atoms with Crippen LogP contribution in [0.2, 0.25) is 5.02 Å². The fraction of sp³-hybridized carbons (Fsp3) is 0.455. The van der Waals surface area contributed by atoms with E-state index in [4.69, 9.17) is 11.6 Å². The summed E-state index contributed by atoms with van der Waals surface area (Å²) < 4.78 is 0. The maximum absolute atomic E-state index is 12.6. The van der Waals surface area contributed by atoms with Crippen LogP contribution in [0.1, 0.15) is 30.5 Å². The highest BCUT2D eigenvalue weighted by atomic mass is 35.5. The number of hydrogen-bond acceptors (Lipinski definition) is 3. The minimum atomic E-state index is 0.172. The molecule has 3 heterocycles. The second-order valence-corrected chi connectivity index (χ2v) is 8.40. The molecule has 2 aromatic rings. The van der Waals surface area contributed by atoms with Crippen molar-refractivity contribution in [3.63, 3.8) is 0 Å². The maximum Gasteiger partial charge on any atom is 0.223 e. The molecule has 0 aliphatic carbocycles. The van der Waals surface area contributed by atoms with E-state index in [-0.39, 0.29) is 5.41 Å². The Hall–Kier alpha value is -1.91. The van der Waals surface area contributed by atoms with Crippen LogP contribution in [0.25, 0.3) is 0 Å². The lowest BCUT2D eigenvalue weighted by Crippen LogP contribution is -2.42. The normalized spacial score (nSPS) is 19.7. The molecule has 0 radical (unpaired) electrons. The van der Waals surface area contributed by atoms with Gasteiger partial charge in [-0.15, -0.1) is 0 Å². The van der Waals surface area contributed by atoms with E-state index < -0.39 is 0 Å². The van der Waals surface area contributed by atoms with E-state index in [0.717, 1.165) is 61.7 Å². The first-order chi connectivity index (χ1) is 13.1. The van der Waals surface area contributed by atoms with Crippen LogP contribution in [0.3, 0.4) is 0 Å². The minimum absolute atomic E-state index is 0.172. The van der Waals surface area contributed by atoms with Crippen LogP contribution in [0, 0.1) is 5.41 Å². The summed E-state index contributed by atoms with van der Waals surface area (Å²) in [5.74, 6) is 0.298. The number of rotatable bonds is 5. The van der Waals surface area contributed by atoms with Gasteiger partial charge in [0.2, 0.25) is 5.91 Å². The molecule has 0 saturated carbocycles. The summed E-state index contributed by atoms with van der Waals surface area (Å²) in [5.41, 5.74) is 2.48. The second kappa shape index (κ2) is 7.99. The summed E-state index contributed by atoms with van der Waals surface area (Å²) in [4.78, 5) is 21.6. The highest BCUT2D eigenvalue weighted by Gasteiger charge is 2.44. The molecule has 5 heteroatoms. The topological polar surface area (TPSA) is 36.4 Å². The maximum atomic E-state index is 12.6. The highest BCUT2D eigenvalue weighted by molar-refractivity contribution is 6.30. The van der Waals surface area contributed by atoms with Crippen LogP contribution in [0.5, 0.6) is 0 Å². The van der Waals surface area contributed by atoms with Crippen molar-refractivity contribution in [3.05, 3.63) is 64.9 Å². The fourth-order valence-corrected chi connectivity index (χ4v) is 4.47. The molecule has 2 aliphatic heterocycles. The summed E-state index contributed by atoms with van der Waals surface area (Å²) in [6.45, 7) is 4.79. The number of aromatic nitrogens is 1. The van der Waals surface area contributed by atoms with Crippen LogP contribution in [0.4, 0.5) is 0 Å². The Morgan fingerprint density at radius 2 is 1.85 bits per heavy atom. The van der Waals surface area contributed by atoms with Gasteiger partial charge in [-0.2, -0.15) is 0 Å². The molecular formula is C22H26ClN3O. The van der Waals surface area contributed by atoms with Crippen LogP contribution in [-0.4, -0.2) is 46.9 Å². The van der Waals surface area contributed by atoms with E-state index in [1.54, 1.807) is 0 Å². The number of benzene rings is 1. The number of amides is 1. The zero-order valence-electron chi connectivity index (χ0n) is 15.6. The Labute approximate surface area is 166 Å². The van der Waals surface area contributed by atoms with Gasteiger partial charge < -0.3 is 9.80 Å². The van der Waals surface area contributed by atoms with Gasteiger partial charge in [0.05, 0.1) is 0 Å². The summed E-state index contributed by atoms with van der Waals surface area (Å²) in [6, 6.07) is 13.9. The van der Waals surface area contributed by atoms with Gasteiger partial charge in [0.1, 0.15) is 0 Å². The molecular weight excluding hydrogens is 358 g/mol. The molecule has 0 bridgehead atoms. The first-order valence-electron chi connectivity index (χ1n) is 9.76. The molecule has 0 unspecified atom stereocenters. The molecule has 0 N–H and O–H groups in total. The predicted octanol–water partition coefficient (Wildman–Crippen LogP) is 3.79. The number of nitrogens with zero attached hydrogens (tertiary/aromatic N) is 3. The lowest BCUT2D eigenvalue weighted by molar-refractivity contribution is -0.128. The second-order valence-electron chi connectivity index (χ2n) is 7.97. The zero-order chi connectivity index (χ0) is 18.7. The lowest BCUT2D eigenvalue weighted by Gasteiger charge is -2.38. The molecule has 2 fully saturated rings. The number of carbonyl (C=O) groups excluding carboxylic acids is 1. The smallest absolute Gasteiger partial charge is 0.223 e. The van der Waals surface area contributed by atoms with E-state index in [2.05, 4.69) is 16.0 Å². The molecule has 1 spiro atoms. The third kappa shape index (κ3) is 4.50. The zero-order valence-corrected chi connectivity index (χ0v) is 16.4. The van der Waals surface area contributed by atoms with Gasteiger partial charge in [-0.05, 0) is 61.2 Å². The van der Waals surface area contributed by atoms with E-state index >= 15 is 0 Å². The van der Waals surface area contributed by atoms with Crippen molar-refractivity contribution in [1.29, 1.82) is 0 Å². The minimum Gasteiger partial charge on any atom is -0.338 e. The van der Waals surface area contributed by atoms with E-state index in [1.807, 2.05) is 47.5 Å². The first kappa shape index (κ1) is 18.5. The number of halogens is 1. The highest BCUT2D eigenvalue weighted by Crippen LogP contribution is 2.41. The van der Waals surface area contributed by atoms with Crippen LogP contribution in [-0.2, 0) is 17.8 Å². The SMILES string of the molecule is O=C1CC2(CCN(CCc3ccccn3)CC2)CN1Cc1ccc(Cl)cc1. The molecule has 2 aliphatic rings. The molecule has 0 atom stereocenters. The predicted molar refractivity (Wildman–Crippen MR) is 108 cm³/mol. The summed E-state index contributed by atoms with van der Waals surface area (Å²) in [5, 5.41) is 0.737. The molecule has 2 saturated heterocycles. The van der Waals surface area contributed by atoms with Crippen molar-refractivity contribution in [1.82, 2.24) is 14.8 Å². The molecule has 4 nitrogen and oxygen atoms in total. The number of hydrogen-bond donors (Lipinski definition) is 0. The Balaban J connectivity index is 1.29. The number of pyridine rings is 1. The monoisotopic (exact) mass is 383 g/mol. The fourth-order valence-electron chi connectivity index (χ4n) is 4.34. The number of likely N-dealkylation sites (tertiary alicyclic amines) is 2. The molecule has 1 amide bonds. The van der Waals surface area contributed by atoms with Gasteiger partial charge >= 0.3 is 0 Å². The first-order valence-corrected chi connectivity index (χ1v) is 10.1. The number of piperidine rings is 1. The third-order valence-electron chi connectivity index (χ3n) is 6.02. The van der Waals surface area contributed by atoms with Gasteiger partial charge in [0.15, 0.2) is 0 Å². The average Bonchev–Trinajstić information content (AvgIpc) is 2.99. The van der Waals surface area contributed by atoms with Crippen molar-refractivity contribution in [2.75, 3.05) is 26.2 Å². The molecule has 27 heavy (non-hydrogen) atoms. The summed E-state index contributed by atoms with van der Waals surface area (Å²) >= 11 is 5.96. The van der Waals surface area contributed by atoms with Crippen molar-refractivity contribution >= 4 is 17.5 Å². The molecule has 4 rings (SSSR count). The molecule has 1 aromatic heterocycles. The van der Waals surface area contributed by atoms with Crippen LogP contribution < -0.4 is 0 Å². The number of carbonyl (C=O) groups is 1.